The van der Waals surface area contributed by atoms with E-state index in [9.17, 15) is 4.79 Å². The first-order valence-corrected chi connectivity index (χ1v) is 6.24. The molecule has 0 aliphatic carbocycles. The van der Waals surface area contributed by atoms with Crippen LogP contribution in [-0.2, 0) is 6.42 Å². The van der Waals surface area contributed by atoms with Crippen LogP contribution in [0.4, 0.5) is 0 Å². The van der Waals surface area contributed by atoms with Crippen molar-refractivity contribution in [3.63, 3.8) is 0 Å². The van der Waals surface area contributed by atoms with E-state index in [0.29, 0.717) is 9.94 Å². The zero-order valence-corrected chi connectivity index (χ0v) is 10.6. The van der Waals surface area contributed by atoms with Crippen LogP contribution in [0, 0.1) is 6.92 Å². The first kappa shape index (κ1) is 11.8. The predicted octanol–water partition coefficient (Wildman–Crippen LogP) is 3.62. The molecule has 0 fully saturated rings. The van der Waals surface area contributed by atoms with Gasteiger partial charge < -0.3 is 4.74 Å². The molecule has 2 rings (SSSR count). The van der Waals surface area contributed by atoms with Crippen molar-refractivity contribution < 1.29 is 9.53 Å². The summed E-state index contributed by atoms with van der Waals surface area (Å²) in [6.45, 7) is 4.00. The summed E-state index contributed by atoms with van der Waals surface area (Å²) in [6, 6.07) is 7.39. The number of rotatable bonds is 4. The third-order valence-electron chi connectivity index (χ3n) is 2.34. The van der Waals surface area contributed by atoms with E-state index in [4.69, 9.17) is 4.74 Å². The number of aromatic nitrogens is 1. The van der Waals surface area contributed by atoms with Gasteiger partial charge in [-0.2, -0.15) is 0 Å². The van der Waals surface area contributed by atoms with Crippen LogP contribution in [-0.4, -0.2) is 11.3 Å². The quantitative estimate of drug-likeness (QED) is 0.775. The van der Waals surface area contributed by atoms with Gasteiger partial charge in [0.25, 0.3) is 0 Å². The Morgan fingerprint density at radius 1 is 1.35 bits per heavy atom. The summed E-state index contributed by atoms with van der Waals surface area (Å²) in [5, 5.41) is 0.715. The van der Waals surface area contributed by atoms with Crippen LogP contribution >= 0.6 is 11.3 Å². The number of nitrogens with zero attached hydrogens (tertiary/aromatic N) is 1. The van der Waals surface area contributed by atoms with Gasteiger partial charge in [0.05, 0.1) is 10.6 Å². The number of thiophene rings is 1. The minimum Gasteiger partial charge on any atom is -0.445 e. The topological polar surface area (TPSA) is 39.2 Å². The lowest BCUT2D eigenvalue weighted by atomic mass is 10.2. The van der Waals surface area contributed by atoms with Crippen molar-refractivity contribution in [1.82, 2.24) is 4.98 Å². The number of ether oxygens (including phenoxy) is 1. The molecule has 0 unspecified atom stereocenters. The summed E-state index contributed by atoms with van der Waals surface area (Å²) in [5.74, 6) is 0.761. The summed E-state index contributed by atoms with van der Waals surface area (Å²) >= 11 is 1.33. The van der Waals surface area contributed by atoms with E-state index in [1.54, 1.807) is 12.1 Å². The minimum absolute atomic E-state index is 0.665. The standard InChI is InChI=1S/C13H13NO2S/c1-3-11-12(6-4-9(2)14-11)16-13-7-5-10(8-15)17-13/h4-8H,3H2,1-2H3. The van der Waals surface area contributed by atoms with Crippen LogP contribution in [0.15, 0.2) is 24.3 Å². The molecular weight excluding hydrogens is 234 g/mol. The lowest BCUT2D eigenvalue weighted by molar-refractivity contribution is 0.112. The number of aryl methyl sites for hydroxylation is 2. The maximum absolute atomic E-state index is 10.6. The van der Waals surface area contributed by atoms with E-state index in [1.165, 1.54) is 11.3 Å². The molecule has 0 amide bonds. The Bertz CT molecular complexity index is 534. The molecule has 0 saturated heterocycles. The van der Waals surface area contributed by atoms with Crippen LogP contribution in [0.5, 0.6) is 10.8 Å². The molecule has 2 aromatic heterocycles. The van der Waals surface area contributed by atoms with Crippen LogP contribution in [0.3, 0.4) is 0 Å². The van der Waals surface area contributed by atoms with Gasteiger partial charge in [-0.15, -0.1) is 0 Å². The molecule has 0 aromatic carbocycles. The van der Waals surface area contributed by atoms with Gasteiger partial charge >= 0.3 is 0 Å². The van der Waals surface area contributed by atoms with Crippen molar-refractivity contribution in [1.29, 1.82) is 0 Å². The SMILES string of the molecule is CCc1nc(C)ccc1Oc1ccc(C=O)s1. The van der Waals surface area contributed by atoms with E-state index in [-0.39, 0.29) is 0 Å². The molecule has 0 atom stereocenters. The largest absolute Gasteiger partial charge is 0.445 e. The maximum Gasteiger partial charge on any atom is 0.181 e. The fourth-order valence-corrected chi connectivity index (χ4v) is 2.19. The molecule has 0 aliphatic heterocycles. The average molecular weight is 247 g/mol. The third-order valence-corrected chi connectivity index (χ3v) is 3.22. The Morgan fingerprint density at radius 2 is 2.18 bits per heavy atom. The highest BCUT2D eigenvalue weighted by Gasteiger charge is 2.07. The average Bonchev–Trinajstić information content (AvgIpc) is 2.79. The maximum atomic E-state index is 10.6. The van der Waals surface area contributed by atoms with E-state index in [1.807, 2.05) is 26.0 Å². The fraction of sp³-hybridized carbons (Fsp3) is 0.231. The second-order valence-electron chi connectivity index (χ2n) is 3.63. The summed E-state index contributed by atoms with van der Waals surface area (Å²) in [7, 11) is 0. The van der Waals surface area contributed by atoms with Crippen molar-refractivity contribution in [3.05, 3.63) is 40.5 Å². The van der Waals surface area contributed by atoms with E-state index in [2.05, 4.69) is 4.98 Å². The second kappa shape index (κ2) is 5.10. The van der Waals surface area contributed by atoms with Crippen LogP contribution < -0.4 is 4.74 Å². The van der Waals surface area contributed by atoms with Gasteiger partial charge in [0.1, 0.15) is 5.75 Å². The lowest BCUT2D eigenvalue weighted by Crippen LogP contribution is -1.94. The smallest absolute Gasteiger partial charge is 0.181 e. The van der Waals surface area contributed by atoms with Gasteiger partial charge in [-0.25, -0.2) is 0 Å². The molecule has 3 nitrogen and oxygen atoms in total. The molecule has 88 valence electrons. The summed E-state index contributed by atoms with van der Waals surface area (Å²) in [5.41, 5.74) is 1.92. The molecule has 2 aromatic rings. The van der Waals surface area contributed by atoms with Crippen molar-refractivity contribution in [2.75, 3.05) is 0 Å². The van der Waals surface area contributed by atoms with Gasteiger partial charge in [-0.3, -0.25) is 9.78 Å². The van der Waals surface area contributed by atoms with E-state index < -0.39 is 0 Å². The normalized spacial score (nSPS) is 10.2. The van der Waals surface area contributed by atoms with Gasteiger partial charge in [0, 0.05) is 5.69 Å². The molecule has 2 heterocycles. The lowest BCUT2D eigenvalue weighted by Gasteiger charge is -2.07. The highest BCUT2D eigenvalue weighted by atomic mass is 32.1. The molecule has 0 aliphatic rings. The molecule has 0 bridgehead atoms. The molecule has 0 N–H and O–H groups in total. The molecule has 17 heavy (non-hydrogen) atoms. The van der Waals surface area contributed by atoms with Gasteiger partial charge in [-0.05, 0) is 37.6 Å². The summed E-state index contributed by atoms with van der Waals surface area (Å²) in [6.07, 6.45) is 1.65. The van der Waals surface area contributed by atoms with E-state index in [0.717, 1.165) is 29.8 Å². The van der Waals surface area contributed by atoms with E-state index >= 15 is 0 Å². The Hall–Kier alpha value is -1.68. The Balaban J connectivity index is 2.25. The first-order valence-electron chi connectivity index (χ1n) is 5.42. The number of carbonyl (C=O) groups excluding carboxylic acids is 1. The van der Waals surface area contributed by atoms with Crippen LogP contribution in [0.2, 0.25) is 0 Å². The van der Waals surface area contributed by atoms with Crippen molar-refractivity contribution >= 4 is 17.6 Å². The number of aldehydes is 1. The first-order chi connectivity index (χ1) is 8.22. The molecule has 0 radical (unpaired) electrons. The van der Waals surface area contributed by atoms with Crippen LogP contribution in [0.25, 0.3) is 0 Å². The number of pyridine rings is 1. The molecule has 0 spiro atoms. The Labute approximate surface area is 104 Å². The van der Waals surface area contributed by atoms with Gasteiger partial charge in [0.2, 0.25) is 0 Å². The molecular formula is C13H13NO2S. The van der Waals surface area contributed by atoms with Gasteiger partial charge in [0.15, 0.2) is 11.3 Å². The number of carbonyl (C=O) groups is 1. The van der Waals surface area contributed by atoms with Crippen molar-refractivity contribution in [2.45, 2.75) is 20.3 Å². The minimum atomic E-state index is 0.665. The van der Waals surface area contributed by atoms with Crippen molar-refractivity contribution in [2.24, 2.45) is 0 Å². The Kier molecular flexibility index (Phi) is 3.54. The monoisotopic (exact) mass is 247 g/mol. The van der Waals surface area contributed by atoms with Gasteiger partial charge in [-0.1, -0.05) is 18.3 Å². The highest BCUT2D eigenvalue weighted by molar-refractivity contribution is 7.15. The highest BCUT2D eigenvalue weighted by Crippen LogP contribution is 2.30. The molecule has 4 heteroatoms. The number of hydrogen-bond donors (Lipinski definition) is 0. The fourth-order valence-electron chi connectivity index (χ4n) is 1.50. The van der Waals surface area contributed by atoms with Crippen molar-refractivity contribution in [3.8, 4) is 10.8 Å². The zero-order chi connectivity index (χ0) is 12.3. The number of hydrogen-bond acceptors (Lipinski definition) is 4. The third kappa shape index (κ3) is 2.71. The second-order valence-corrected chi connectivity index (χ2v) is 4.71. The summed E-state index contributed by atoms with van der Waals surface area (Å²) in [4.78, 5) is 15.7. The summed E-state index contributed by atoms with van der Waals surface area (Å²) < 4.78 is 5.74. The van der Waals surface area contributed by atoms with Crippen LogP contribution in [0.1, 0.15) is 28.0 Å². The predicted molar refractivity (Wildman–Crippen MR) is 68.1 cm³/mol. The zero-order valence-electron chi connectivity index (χ0n) is 9.77. The Morgan fingerprint density at radius 3 is 2.82 bits per heavy atom. The molecule has 0 saturated carbocycles.